The molecule has 128 valence electrons. The summed E-state index contributed by atoms with van der Waals surface area (Å²) >= 11 is 1.23. The fourth-order valence-corrected chi connectivity index (χ4v) is 2.59. The Hall–Kier alpha value is -3.07. The molecular weight excluding hydrogens is 342 g/mol. The maximum atomic E-state index is 12.2. The minimum Gasteiger partial charge on any atom is -0.497 e. The summed E-state index contributed by atoms with van der Waals surface area (Å²) in [5.41, 5.74) is 3.29. The summed E-state index contributed by atoms with van der Waals surface area (Å²) in [5, 5.41) is 11.1. The zero-order chi connectivity index (χ0) is 17.5. The zero-order valence-electron chi connectivity index (χ0n) is 13.3. The standard InChI is InChI=1S/C16H15N5O3S/c1-23-12-5-2-4-11(8-12)14(22)10-25-16-18-15(20-21-16)19-17-9-13-6-3-7-24-13/h2-9H,10H2,1H3,(H2,18,19,20,21)/b17-9-. The van der Waals surface area contributed by atoms with Gasteiger partial charge < -0.3 is 9.15 Å². The van der Waals surface area contributed by atoms with Crippen LogP contribution in [0.4, 0.5) is 5.95 Å². The number of H-pyrrole nitrogens is 1. The van der Waals surface area contributed by atoms with Crippen molar-refractivity contribution in [3.63, 3.8) is 0 Å². The molecule has 0 aliphatic carbocycles. The summed E-state index contributed by atoms with van der Waals surface area (Å²) in [6.45, 7) is 0. The number of rotatable bonds is 8. The third-order valence-electron chi connectivity index (χ3n) is 3.09. The summed E-state index contributed by atoms with van der Waals surface area (Å²) in [6.07, 6.45) is 3.07. The molecule has 0 radical (unpaired) electrons. The molecule has 0 spiro atoms. The van der Waals surface area contributed by atoms with Gasteiger partial charge in [0.05, 0.1) is 25.3 Å². The number of nitrogens with zero attached hydrogens (tertiary/aromatic N) is 3. The molecule has 25 heavy (non-hydrogen) atoms. The number of nitrogens with one attached hydrogen (secondary N) is 2. The molecule has 9 heteroatoms. The Morgan fingerprint density at radius 1 is 1.44 bits per heavy atom. The van der Waals surface area contributed by atoms with Gasteiger partial charge in [0.2, 0.25) is 11.1 Å². The van der Waals surface area contributed by atoms with Crippen molar-refractivity contribution in [3.05, 3.63) is 54.0 Å². The second-order valence-corrected chi connectivity index (χ2v) is 5.74. The van der Waals surface area contributed by atoms with E-state index in [1.54, 1.807) is 49.8 Å². The Kier molecular flexibility index (Phi) is 5.47. The molecule has 8 nitrogen and oxygen atoms in total. The van der Waals surface area contributed by atoms with Crippen molar-refractivity contribution in [1.82, 2.24) is 15.2 Å². The van der Waals surface area contributed by atoms with Crippen LogP contribution in [0, 0.1) is 0 Å². The average molecular weight is 357 g/mol. The van der Waals surface area contributed by atoms with Crippen LogP contribution in [0.25, 0.3) is 0 Å². The van der Waals surface area contributed by atoms with E-state index >= 15 is 0 Å². The fourth-order valence-electron chi connectivity index (χ4n) is 1.89. The second-order valence-electron chi connectivity index (χ2n) is 4.80. The van der Waals surface area contributed by atoms with E-state index in [2.05, 4.69) is 25.7 Å². The molecule has 0 aliphatic rings. The highest BCUT2D eigenvalue weighted by molar-refractivity contribution is 7.99. The molecule has 3 aromatic rings. The molecule has 0 bridgehead atoms. The summed E-state index contributed by atoms with van der Waals surface area (Å²) in [5.74, 6) is 1.83. The third kappa shape index (κ3) is 4.70. The van der Waals surface area contributed by atoms with Crippen LogP contribution < -0.4 is 10.2 Å². The first kappa shape index (κ1) is 16.8. The first-order valence-corrected chi connectivity index (χ1v) is 8.28. The smallest absolute Gasteiger partial charge is 0.240 e. The monoisotopic (exact) mass is 357 g/mol. The van der Waals surface area contributed by atoms with Gasteiger partial charge in [0.1, 0.15) is 11.5 Å². The van der Waals surface area contributed by atoms with Gasteiger partial charge >= 0.3 is 0 Å². The van der Waals surface area contributed by atoms with Gasteiger partial charge in [-0.25, -0.2) is 10.5 Å². The molecule has 0 aliphatic heterocycles. The van der Waals surface area contributed by atoms with Crippen LogP contribution in [0.5, 0.6) is 5.75 Å². The van der Waals surface area contributed by atoms with Gasteiger partial charge in [-0.1, -0.05) is 23.9 Å². The van der Waals surface area contributed by atoms with E-state index in [-0.39, 0.29) is 11.5 Å². The number of hydrazone groups is 1. The number of aromatic nitrogens is 3. The number of thioether (sulfide) groups is 1. The predicted molar refractivity (Wildman–Crippen MR) is 94.4 cm³/mol. The van der Waals surface area contributed by atoms with Gasteiger partial charge in [0.25, 0.3) is 0 Å². The number of ketones is 1. The van der Waals surface area contributed by atoms with Crippen molar-refractivity contribution in [2.75, 3.05) is 18.3 Å². The Balaban J connectivity index is 1.51. The van der Waals surface area contributed by atoms with Crippen molar-refractivity contribution in [1.29, 1.82) is 0 Å². The van der Waals surface area contributed by atoms with Crippen molar-refractivity contribution in [2.24, 2.45) is 5.10 Å². The Morgan fingerprint density at radius 3 is 3.16 bits per heavy atom. The Bertz CT molecular complexity index is 860. The van der Waals surface area contributed by atoms with E-state index in [0.29, 0.717) is 28.2 Å². The number of hydrogen-bond donors (Lipinski definition) is 2. The lowest BCUT2D eigenvalue weighted by atomic mass is 10.1. The minimum absolute atomic E-state index is 0.0287. The topological polar surface area (TPSA) is 105 Å². The minimum atomic E-state index is -0.0287. The second kappa shape index (κ2) is 8.15. The zero-order valence-corrected chi connectivity index (χ0v) is 14.1. The van der Waals surface area contributed by atoms with E-state index in [9.17, 15) is 4.79 Å². The molecule has 0 saturated heterocycles. The highest BCUT2D eigenvalue weighted by atomic mass is 32.2. The maximum absolute atomic E-state index is 12.2. The lowest BCUT2D eigenvalue weighted by molar-refractivity contribution is 0.102. The number of anilines is 1. The normalized spacial score (nSPS) is 10.9. The number of carbonyl (C=O) groups is 1. The average Bonchev–Trinajstić information content (AvgIpc) is 3.32. The molecular formula is C16H15N5O3S. The number of furan rings is 1. The summed E-state index contributed by atoms with van der Waals surface area (Å²) in [7, 11) is 1.56. The van der Waals surface area contributed by atoms with Crippen LogP contribution in [-0.2, 0) is 0 Å². The number of hydrogen-bond acceptors (Lipinski definition) is 8. The van der Waals surface area contributed by atoms with Gasteiger partial charge in [0, 0.05) is 5.56 Å². The fraction of sp³-hybridized carbons (Fsp3) is 0.125. The lowest BCUT2D eigenvalue weighted by Gasteiger charge is -2.02. The molecule has 3 rings (SSSR count). The van der Waals surface area contributed by atoms with Gasteiger partial charge in [-0.15, -0.1) is 5.10 Å². The molecule has 0 unspecified atom stereocenters. The summed E-state index contributed by atoms with van der Waals surface area (Å²) in [6, 6.07) is 10.6. The highest BCUT2D eigenvalue weighted by Crippen LogP contribution is 2.18. The molecule has 0 saturated carbocycles. The van der Waals surface area contributed by atoms with E-state index in [1.807, 2.05) is 0 Å². The molecule has 0 atom stereocenters. The molecule has 1 aromatic carbocycles. The van der Waals surface area contributed by atoms with Gasteiger partial charge in [-0.05, 0) is 24.3 Å². The van der Waals surface area contributed by atoms with Gasteiger partial charge in [0.15, 0.2) is 5.78 Å². The van der Waals surface area contributed by atoms with Crippen LogP contribution in [0.1, 0.15) is 16.1 Å². The van der Waals surface area contributed by atoms with E-state index in [0.717, 1.165) is 0 Å². The first-order chi connectivity index (χ1) is 12.2. The number of methoxy groups -OCH3 is 1. The van der Waals surface area contributed by atoms with Crippen LogP contribution in [0.3, 0.4) is 0 Å². The molecule has 2 N–H and O–H groups in total. The summed E-state index contributed by atoms with van der Waals surface area (Å²) in [4.78, 5) is 16.4. The van der Waals surface area contributed by atoms with Crippen molar-refractivity contribution < 1.29 is 13.9 Å². The Morgan fingerprint density at radius 2 is 2.36 bits per heavy atom. The van der Waals surface area contributed by atoms with Gasteiger partial charge in [-0.2, -0.15) is 10.1 Å². The van der Waals surface area contributed by atoms with Crippen LogP contribution in [0.15, 0.2) is 57.3 Å². The van der Waals surface area contributed by atoms with E-state index in [1.165, 1.54) is 18.0 Å². The van der Waals surface area contributed by atoms with Gasteiger partial charge in [-0.3, -0.25) is 4.79 Å². The number of Topliss-reactive ketones (excluding diaryl/α,β-unsaturated/α-hetero) is 1. The highest BCUT2D eigenvalue weighted by Gasteiger charge is 2.10. The van der Waals surface area contributed by atoms with Crippen LogP contribution >= 0.6 is 11.8 Å². The molecule has 2 aromatic heterocycles. The summed E-state index contributed by atoms with van der Waals surface area (Å²) < 4.78 is 10.2. The van der Waals surface area contributed by atoms with Crippen molar-refractivity contribution >= 4 is 29.7 Å². The predicted octanol–water partition coefficient (Wildman–Crippen LogP) is 2.83. The molecule has 0 fully saturated rings. The Labute approximate surface area is 147 Å². The SMILES string of the molecule is COc1cccc(C(=O)CSc2n[nH]c(N/N=C\c3ccco3)n2)c1. The number of benzene rings is 1. The quantitative estimate of drug-likeness (QED) is 0.276. The van der Waals surface area contributed by atoms with E-state index in [4.69, 9.17) is 9.15 Å². The van der Waals surface area contributed by atoms with Crippen molar-refractivity contribution in [2.45, 2.75) is 5.16 Å². The largest absolute Gasteiger partial charge is 0.497 e. The molecule has 0 amide bonds. The number of aromatic amines is 1. The van der Waals surface area contributed by atoms with E-state index < -0.39 is 0 Å². The van der Waals surface area contributed by atoms with Crippen molar-refractivity contribution in [3.8, 4) is 5.75 Å². The molecule has 2 heterocycles. The number of carbonyl (C=O) groups excluding carboxylic acids is 1. The van der Waals surface area contributed by atoms with Crippen LogP contribution in [-0.4, -0.2) is 40.0 Å². The third-order valence-corrected chi connectivity index (χ3v) is 3.94. The number of ether oxygens (including phenoxy) is 1. The maximum Gasteiger partial charge on any atom is 0.240 e. The first-order valence-electron chi connectivity index (χ1n) is 7.29. The van der Waals surface area contributed by atoms with Crippen LogP contribution in [0.2, 0.25) is 0 Å². The lowest BCUT2D eigenvalue weighted by Crippen LogP contribution is -2.02.